The molecule has 1 aromatic heterocycles. The van der Waals surface area contributed by atoms with Crippen LogP contribution in [0.15, 0.2) is 53.0 Å². The molecular weight excluding hydrogens is 316 g/mol. The predicted octanol–water partition coefficient (Wildman–Crippen LogP) is -1.59. The largest absolute Gasteiger partial charge is 0.289 e. The quantitative estimate of drug-likeness (QED) is 0.355. The van der Waals surface area contributed by atoms with Crippen molar-refractivity contribution in [1.29, 1.82) is 0 Å². The van der Waals surface area contributed by atoms with Crippen LogP contribution in [0.3, 0.4) is 0 Å². The molecule has 8 heteroatoms. The third kappa shape index (κ3) is 1.62. The van der Waals surface area contributed by atoms with Crippen molar-refractivity contribution in [3.05, 3.63) is 85.6 Å². The fraction of sp³-hybridized carbons (Fsp3) is 0. The highest BCUT2D eigenvalue weighted by Crippen LogP contribution is 2.07. The molecule has 0 aliphatic heterocycles. The monoisotopic (exact) mass is 320 g/mol. The van der Waals surface area contributed by atoms with Crippen molar-refractivity contribution < 1.29 is 0 Å². The minimum atomic E-state index is -0.965. The molecule has 0 unspecified atom stereocenters. The Labute approximate surface area is 129 Å². The molecule has 0 fully saturated rings. The first-order valence-electron chi connectivity index (χ1n) is 6.69. The summed E-state index contributed by atoms with van der Waals surface area (Å²) in [6, 6.07) is 3.73. The zero-order valence-corrected chi connectivity index (χ0v) is 11.7. The molecule has 0 N–H and O–H groups in total. The molecule has 4 aromatic rings. The van der Waals surface area contributed by atoms with Crippen molar-refractivity contribution in [1.82, 2.24) is 9.97 Å². The number of fused-ring (bicyclic) bond motifs is 3. The van der Waals surface area contributed by atoms with Gasteiger partial charge in [-0.05, 0) is 24.3 Å². The SMILES string of the molecule is O=c1ccc(=O)c2nc3c(=O)c4c(=O)ccc(=O)c4c(=O)c3nc12. The van der Waals surface area contributed by atoms with Crippen LogP contribution in [0.4, 0.5) is 0 Å². The van der Waals surface area contributed by atoms with E-state index in [1.165, 1.54) is 0 Å². The highest BCUT2D eigenvalue weighted by atomic mass is 16.1. The molecule has 3 aromatic carbocycles. The van der Waals surface area contributed by atoms with Crippen LogP contribution in [0, 0.1) is 0 Å². The van der Waals surface area contributed by atoms with Crippen molar-refractivity contribution in [3.8, 4) is 0 Å². The van der Waals surface area contributed by atoms with Crippen LogP contribution in [-0.4, -0.2) is 9.97 Å². The van der Waals surface area contributed by atoms with E-state index in [1.807, 2.05) is 0 Å². The molecule has 0 bridgehead atoms. The standard InChI is InChI=1S/C16H4N2O6/c19-5-1-2-6(20)10-9(5)15(23)13-14(16(10)24)18-12-8(22)4-3-7(21)11(12)17-13/h1-4H. The summed E-state index contributed by atoms with van der Waals surface area (Å²) < 4.78 is 0. The van der Waals surface area contributed by atoms with Gasteiger partial charge in [-0.1, -0.05) is 0 Å². The zero-order chi connectivity index (χ0) is 17.2. The lowest BCUT2D eigenvalue weighted by molar-refractivity contribution is 1.34. The van der Waals surface area contributed by atoms with Crippen LogP contribution < -0.4 is 32.6 Å². The fourth-order valence-corrected chi connectivity index (χ4v) is 2.66. The first kappa shape index (κ1) is 13.9. The van der Waals surface area contributed by atoms with E-state index in [1.54, 1.807) is 0 Å². The Morgan fingerprint density at radius 1 is 0.458 bits per heavy atom. The lowest BCUT2D eigenvalue weighted by Crippen LogP contribution is -2.27. The molecule has 0 atom stereocenters. The summed E-state index contributed by atoms with van der Waals surface area (Å²) in [5, 5.41) is -1.17. The van der Waals surface area contributed by atoms with Gasteiger partial charge in [0.25, 0.3) is 0 Å². The molecule has 114 valence electrons. The van der Waals surface area contributed by atoms with Crippen LogP contribution in [0.25, 0.3) is 32.8 Å². The number of benzene rings is 3. The molecule has 0 spiro atoms. The molecule has 0 saturated heterocycles. The van der Waals surface area contributed by atoms with Crippen LogP contribution >= 0.6 is 0 Å². The average Bonchev–Trinajstić information content (AvgIpc) is 2.57. The topological polar surface area (TPSA) is 128 Å². The zero-order valence-electron chi connectivity index (χ0n) is 11.7. The minimum Gasteiger partial charge on any atom is -0.289 e. The van der Waals surface area contributed by atoms with Gasteiger partial charge < -0.3 is 0 Å². The maximum atomic E-state index is 12.5. The molecule has 0 aliphatic rings. The second-order valence-electron chi connectivity index (χ2n) is 5.15. The molecular formula is C16H4N2O6. The van der Waals surface area contributed by atoms with E-state index in [9.17, 15) is 28.8 Å². The Kier molecular flexibility index (Phi) is 2.57. The summed E-state index contributed by atoms with van der Waals surface area (Å²) in [7, 11) is 0. The highest BCUT2D eigenvalue weighted by molar-refractivity contribution is 5.96. The second kappa shape index (κ2) is 4.42. The van der Waals surface area contributed by atoms with Gasteiger partial charge in [0, 0.05) is 0 Å². The number of hydrogen-bond acceptors (Lipinski definition) is 8. The smallest absolute Gasteiger partial charge is 0.218 e. The van der Waals surface area contributed by atoms with Gasteiger partial charge in [0.05, 0.1) is 10.8 Å². The van der Waals surface area contributed by atoms with Gasteiger partial charge in [-0.2, -0.15) is 0 Å². The lowest BCUT2D eigenvalue weighted by Gasteiger charge is -2.00. The lowest BCUT2D eigenvalue weighted by atomic mass is 10.1. The molecule has 0 radical (unpaired) electrons. The van der Waals surface area contributed by atoms with Gasteiger partial charge in [0.2, 0.25) is 21.7 Å². The minimum absolute atomic E-state index is 0.364. The third-order valence-corrected chi connectivity index (χ3v) is 3.76. The fourth-order valence-electron chi connectivity index (χ4n) is 2.66. The van der Waals surface area contributed by atoms with E-state index in [4.69, 9.17) is 0 Å². The average molecular weight is 320 g/mol. The Morgan fingerprint density at radius 3 is 1.17 bits per heavy atom. The summed E-state index contributed by atoms with van der Waals surface area (Å²) in [4.78, 5) is 80.0. The van der Waals surface area contributed by atoms with E-state index in [0.29, 0.717) is 0 Å². The first-order chi connectivity index (χ1) is 11.4. The van der Waals surface area contributed by atoms with E-state index < -0.39 is 54.4 Å². The van der Waals surface area contributed by atoms with Crippen molar-refractivity contribution >= 4 is 32.8 Å². The van der Waals surface area contributed by atoms with Crippen LogP contribution in [0.5, 0.6) is 0 Å². The first-order valence-corrected chi connectivity index (χ1v) is 6.69. The van der Waals surface area contributed by atoms with Gasteiger partial charge in [0.1, 0.15) is 22.1 Å². The van der Waals surface area contributed by atoms with Gasteiger partial charge in [0.15, 0.2) is 10.9 Å². The predicted molar refractivity (Wildman–Crippen MR) is 85.7 cm³/mol. The van der Waals surface area contributed by atoms with Crippen molar-refractivity contribution in [2.24, 2.45) is 0 Å². The maximum absolute atomic E-state index is 12.5. The number of hydrogen-bond donors (Lipinski definition) is 0. The number of rotatable bonds is 0. The molecule has 24 heavy (non-hydrogen) atoms. The van der Waals surface area contributed by atoms with E-state index in [2.05, 4.69) is 9.97 Å². The molecule has 4 rings (SSSR count). The second-order valence-corrected chi connectivity index (χ2v) is 5.15. The summed E-state index contributed by atoms with van der Waals surface area (Å²) in [6.45, 7) is 0. The van der Waals surface area contributed by atoms with E-state index >= 15 is 0 Å². The molecule has 0 saturated carbocycles. The van der Waals surface area contributed by atoms with Crippen LogP contribution in [-0.2, 0) is 0 Å². The number of nitrogens with zero attached hydrogens (tertiary/aromatic N) is 2. The maximum Gasteiger partial charge on any atom is 0.218 e. The Hall–Kier alpha value is -3.68. The van der Waals surface area contributed by atoms with Gasteiger partial charge in [-0.15, -0.1) is 0 Å². The normalized spacial score (nSPS) is 11.5. The third-order valence-electron chi connectivity index (χ3n) is 3.76. The van der Waals surface area contributed by atoms with E-state index in [0.717, 1.165) is 24.3 Å². The van der Waals surface area contributed by atoms with E-state index in [-0.39, 0.29) is 11.0 Å². The summed E-state index contributed by atoms with van der Waals surface area (Å²) >= 11 is 0. The summed E-state index contributed by atoms with van der Waals surface area (Å²) in [5.74, 6) is 0. The molecule has 8 nitrogen and oxygen atoms in total. The van der Waals surface area contributed by atoms with Crippen molar-refractivity contribution in [2.75, 3.05) is 0 Å². The number of aromatic nitrogens is 2. The van der Waals surface area contributed by atoms with Crippen molar-refractivity contribution in [3.63, 3.8) is 0 Å². The van der Waals surface area contributed by atoms with Gasteiger partial charge >= 0.3 is 0 Å². The molecule has 0 aliphatic carbocycles. The Bertz CT molecular complexity index is 1400. The highest BCUT2D eigenvalue weighted by Gasteiger charge is 2.19. The van der Waals surface area contributed by atoms with Crippen LogP contribution in [0.2, 0.25) is 0 Å². The van der Waals surface area contributed by atoms with Gasteiger partial charge in [-0.25, -0.2) is 9.97 Å². The Morgan fingerprint density at radius 2 is 0.792 bits per heavy atom. The molecule has 1 heterocycles. The Balaban J connectivity index is 2.51. The van der Waals surface area contributed by atoms with Crippen molar-refractivity contribution in [2.45, 2.75) is 0 Å². The summed E-state index contributed by atoms with van der Waals surface area (Å²) in [5.41, 5.74) is -6.56. The van der Waals surface area contributed by atoms with Gasteiger partial charge in [-0.3, -0.25) is 28.8 Å². The molecule has 0 amide bonds. The summed E-state index contributed by atoms with van der Waals surface area (Å²) in [6.07, 6.45) is 0. The van der Waals surface area contributed by atoms with Crippen LogP contribution in [0.1, 0.15) is 0 Å².